The fourth-order valence-corrected chi connectivity index (χ4v) is 3.91. The third-order valence-corrected chi connectivity index (χ3v) is 5.12. The van der Waals surface area contributed by atoms with Gasteiger partial charge in [-0.1, -0.05) is 30.3 Å². The van der Waals surface area contributed by atoms with Crippen LogP contribution in [0, 0.1) is 0 Å². The standard InChI is InChI=1S/C22H20N2O5/c1-28-18(27)13-29-17-8-5-11-24-21-15(19(22(17)24)16(26)12-25)9-10-23-20(21)14-6-3-2-4-7-14/h2-8,11-12,20,23H,9-10,13H2,1H3. The molecule has 1 aromatic carbocycles. The van der Waals surface area contributed by atoms with Crippen LogP contribution in [-0.4, -0.2) is 42.7 Å². The quantitative estimate of drug-likeness (QED) is 0.299. The van der Waals surface area contributed by atoms with Gasteiger partial charge in [-0.3, -0.25) is 9.59 Å². The zero-order valence-electron chi connectivity index (χ0n) is 15.9. The van der Waals surface area contributed by atoms with Crippen LogP contribution in [0.5, 0.6) is 5.75 Å². The first kappa shape index (κ1) is 18.9. The largest absolute Gasteiger partial charge is 0.480 e. The number of nitrogens with zero attached hydrogens (tertiary/aromatic N) is 1. The number of carbonyl (C=O) groups is 3. The molecule has 4 rings (SSSR count). The Morgan fingerprint density at radius 3 is 2.72 bits per heavy atom. The van der Waals surface area contributed by atoms with Gasteiger partial charge in [0.15, 0.2) is 12.9 Å². The third-order valence-electron chi connectivity index (χ3n) is 5.12. The minimum absolute atomic E-state index is 0.142. The number of hydrogen-bond donors (Lipinski definition) is 1. The van der Waals surface area contributed by atoms with Crippen molar-refractivity contribution in [2.45, 2.75) is 12.5 Å². The minimum Gasteiger partial charge on any atom is -0.480 e. The monoisotopic (exact) mass is 392 g/mol. The average molecular weight is 392 g/mol. The summed E-state index contributed by atoms with van der Waals surface area (Å²) < 4.78 is 12.2. The highest BCUT2D eigenvalue weighted by atomic mass is 16.6. The molecule has 2 aromatic heterocycles. The Bertz CT molecular complexity index is 1090. The normalized spacial score (nSPS) is 15.6. The van der Waals surface area contributed by atoms with E-state index < -0.39 is 11.8 Å². The van der Waals surface area contributed by atoms with Gasteiger partial charge in [0.1, 0.15) is 5.75 Å². The Morgan fingerprint density at radius 2 is 2.00 bits per heavy atom. The minimum atomic E-state index is -0.605. The second-order valence-corrected chi connectivity index (χ2v) is 6.72. The molecule has 1 N–H and O–H groups in total. The van der Waals surface area contributed by atoms with E-state index in [-0.39, 0.29) is 12.6 Å². The molecule has 7 nitrogen and oxygen atoms in total. The summed E-state index contributed by atoms with van der Waals surface area (Å²) in [5, 5.41) is 3.50. The molecule has 148 valence electrons. The number of nitrogens with one attached hydrogen (secondary N) is 1. The lowest BCUT2D eigenvalue weighted by Crippen LogP contribution is -2.31. The van der Waals surface area contributed by atoms with Crippen molar-refractivity contribution in [3.63, 3.8) is 0 Å². The first-order valence-electron chi connectivity index (χ1n) is 9.29. The topological polar surface area (TPSA) is 86.1 Å². The van der Waals surface area contributed by atoms with E-state index in [0.717, 1.165) is 16.8 Å². The highest BCUT2D eigenvalue weighted by molar-refractivity contribution is 6.36. The number of methoxy groups -OCH3 is 1. The summed E-state index contributed by atoms with van der Waals surface area (Å²) in [5.41, 5.74) is 3.59. The first-order valence-corrected chi connectivity index (χ1v) is 9.29. The molecule has 0 fully saturated rings. The lowest BCUT2D eigenvalue weighted by molar-refractivity contribution is -0.142. The highest BCUT2D eigenvalue weighted by Crippen LogP contribution is 2.38. The van der Waals surface area contributed by atoms with Gasteiger partial charge in [-0.2, -0.15) is 0 Å². The van der Waals surface area contributed by atoms with E-state index in [1.54, 1.807) is 12.1 Å². The Morgan fingerprint density at radius 1 is 1.21 bits per heavy atom. The number of rotatable bonds is 6. The van der Waals surface area contributed by atoms with Gasteiger partial charge in [0.25, 0.3) is 0 Å². The smallest absolute Gasteiger partial charge is 0.343 e. The molecule has 0 bridgehead atoms. The maximum atomic E-state index is 12.6. The number of Topliss-reactive ketones (excluding diaryl/α,β-unsaturated/α-hetero) is 1. The van der Waals surface area contributed by atoms with Crippen LogP contribution in [0.2, 0.25) is 0 Å². The molecule has 1 aliphatic heterocycles. The highest BCUT2D eigenvalue weighted by Gasteiger charge is 2.32. The van der Waals surface area contributed by atoms with Gasteiger partial charge in [0.05, 0.1) is 24.2 Å². The van der Waals surface area contributed by atoms with Crippen molar-refractivity contribution in [1.82, 2.24) is 9.72 Å². The van der Waals surface area contributed by atoms with E-state index in [9.17, 15) is 14.4 Å². The van der Waals surface area contributed by atoms with Crippen molar-refractivity contribution in [2.75, 3.05) is 20.3 Å². The number of aromatic nitrogens is 1. The predicted octanol–water partition coefficient (Wildman–Crippen LogP) is 2.11. The summed E-state index contributed by atoms with van der Waals surface area (Å²) in [6, 6.07) is 13.2. The number of aldehydes is 1. The summed E-state index contributed by atoms with van der Waals surface area (Å²) in [7, 11) is 1.28. The lowest BCUT2D eigenvalue weighted by Gasteiger charge is -2.26. The van der Waals surface area contributed by atoms with E-state index in [1.165, 1.54) is 7.11 Å². The summed E-state index contributed by atoms with van der Waals surface area (Å²) in [6.07, 6.45) is 2.77. The molecule has 7 heteroatoms. The van der Waals surface area contributed by atoms with Gasteiger partial charge < -0.3 is 19.2 Å². The number of hydrogen-bond acceptors (Lipinski definition) is 6. The summed E-state index contributed by atoms with van der Waals surface area (Å²) in [5.74, 6) is -0.786. The second-order valence-electron chi connectivity index (χ2n) is 6.72. The van der Waals surface area contributed by atoms with Crippen molar-refractivity contribution >= 4 is 23.6 Å². The molecule has 3 heterocycles. The molecule has 3 aromatic rings. The first-order chi connectivity index (χ1) is 14.2. The van der Waals surface area contributed by atoms with Gasteiger partial charge in [-0.05, 0) is 29.7 Å². The van der Waals surface area contributed by atoms with E-state index in [4.69, 9.17) is 4.74 Å². The van der Waals surface area contributed by atoms with Crippen LogP contribution in [0.15, 0.2) is 48.7 Å². The number of fused-ring (bicyclic) bond motifs is 3. The average Bonchev–Trinajstić information content (AvgIpc) is 3.12. The molecule has 0 amide bonds. The van der Waals surface area contributed by atoms with Gasteiger partial charge in [0, 0.05) is 18.4 Å². The molecule has 0 aliphatic carbocycles. The summed E-state index contributed by atoms with van der Waals surface area (Å²) >= 11 is 0. The van der Waals surface area contributed by atoms with Crippen LogP contribution in [-0.2, 0) is 20.7 Å². The number of esters is 1. The molecule has 0 saturated carbocycles. The molecule has 29 heavy (non-hydrogen) atoms. The van der Waals surface area contributed by atoms with Crippen LogP contribution in [0.3, 0.4) is 0 Å². The molecular formula is C22H20N2O5. The molecule has 0 spiro atoms. The SMILES string of the molecule is COC(=O)COc1cccn2c3c(c(C(=O)C=O)c12)CCNC3c1ccccc1. The molecule has 1 aliphatic rings. The third kappa shape index (κ3) is 3.30. The predicted molar refractivity (Wildman–Crippen MR) is 105 cm³/mol. The van der Waals surface area contributed by atoms with Gasteiger partial charge in [-0.15, -0.1) is 0 Å². The van der Waals surface area contributed by atoms with E-state index in [1.807, 2.05) is 40.9 Å². The fourth-order valence-electron chi connectivity index (χ4n) is 3.91. The van der Waals surface area contributed by atoms with Crippen LogP contribution < -0.4 is 10.1 Å². The summed E-state index contributed by atoms with van der Waals surface area (Å²) in [4.78, 5) is 35.6. The summed E-state index contributed by atoms with van der Waals surface area (Å²) in [6.45, 7) is 0.377. The lowest BCUT2D eigenvalue weighted by atomic mass is 9.92. The maximum Gasteiger partial charge on any atom is 0.343 e. The van der Waals surface area contributed by atoms with Crippen molar-refractivity contribution in [3.8, 4) is 5.75 Å². The number of carbonyl (C=O) groups excluding carboxylic acids is 3. The number of ketones is 1. The number of pyridine rings is 1. The van der Waals surface area contributed by atoms with Gasteiger partial charge >= 0.3 is 5.97 Å². The van der Waals surface area contributed by atoms with Crippen LogP contribution in [0.4, 0.5) is 0 Å². The maximum absolute atomic E-state index is 12.6. The van der Waals surface area contributed by atoms with Crippen LogP contribution in [0.1, 0.15) is 33.2 Å². The van der Waals surface area contributed by atoms with Crippen molar-refractivity contribution < 1.29 is 23.9 Å². The zero-order chi connectivity index (χ0) is 20.4. The van der Waals surface area contributed by atoms with E-state index in [0.29, 0.717) is 36.1 Å². The van der Waals surface area contributed by atoms with E-state index in [2.05, 4.69) is 10.1 Å². The molecule has 1 atom stereocenters. The Labute approximate surface area is 167 Å². The Balaban J connectivity index is 1.94. The van der Waals surface area contributed by atoms with E-state index >= 15 is 0 Å². The Kier molecular flexibility index (Phi) is 5.14. The number of benzene rings is 1. The van der Waals surface area contributed by atoms with Crippen molar-refractivity contribution in [3.05, 3.63) is 71.0 Å². The fraction of sp³-hybridized carbons (Fsp3) is 0.227. The number of ether oxygens (including phenoxy) is 2. The zero-order valence-corrected chi connectivity index (χ0v) is 15.9. The van der Waals surface area contributed by atoms with Crippen molar-refractivity contribution in [2.24, 2.45) is 0 Å². The van der Waals surface area contributed by atoms with Gasteiger partial charge in [0.2, 0.25) is 5.78 Å². The molecular weight excluding hydrogens is 372 g/mol. The molecule has 0 radical (unpaired) electrons. The van der Waals surface area contributed by atoms with Crippen LogP contribution in [0.25, 0.3) is 5.52 Å². The molecule has 0 saturated heterocycles. The van der Waals surface area contributed by atoms with Crippen molar-refractivity contribution in [1.29, 1.82) is 0 Å². The Hall–Kier alpha value is -3.45. The van der Waals surface area contributed by atoms with Gasteiger partial charge in [-0.25, -0.2) is 4.79 Å². The van der Waals surface area contributed by atoms with Crippen LogP contribution >= 0.6 is 0 Å². The molecule has 1 unspecified atom stereocenters. The second kappa shape index (κ2) is 7.89.